The van der Waals surface area contributed by atoms with Crippen molar-refractivity contribution in [2.45, 2.75) is 24.2 Å². The summed E-state index contributed by atoms with van der Waals surface area (Å²) in [6, 6.07) is 12.9. The Labute approximate surface area is 154 Å². The molecule has 0 saturated carbocycles. The Morgan fingerprint density at radius 3 is 2.50 bits per heavy atom. The van der Waals surface area contributed by atoms with Gasteiger partial charge in [0.05, 0.1) is 4.90 Å². The number of fused-ring (bicyclic) bond motifs is 1. The molecule has 0 spiro atoms. The van der Waals surface area contributed by atoms with E-state index in [2.05, 4.69) is 10.0 Å². The zero-order chi connectivity index (χ0) is 18.7. The monoisotopic (exact) mass is 373 g/mol. The number of carbonyl (C=O) groups excluding carboxylic acids is 1. The van der Waals surface area contributed by atoms with Crippen LogP contribution in [0, 0.1) is 0 Å². The lowest BCUT2D eigenvalue weighted by Crippen LogP contribution is -2.26. The first-order valence-corrected chi connectivity index (χ1v) is 10.0. The van der Waals surface area contributed by atoms with Crippen LogP contribution < -0.4 is 14.9 Å². The Morgan fingerprint density at radius 1 is 1.08 bits per heavy atom. The van der Waals surface area contributed by atoms with E-state index in [1.807, 2.05) is 43.3 Å². The fourth-order valence-electron chi connectivity index (χ4n) is 2.90. The molecule has 2 aromatic rings. The lowest BCUT2D eigenvalue weighted by molar-refractivity contribution is -0.116. The highest BCUT2D eigenvalue weighted by Crippen LogP contribution is 2.25. The second-order valence-corrected chi connectivity index (χ2v) is 8.34. The van der Waals surface area contributed by atoms with Crippen LogP contribution in [-0.2, 0) is 27.7 Å². The number of anilines is 2. The first kappa shape index (κ1) is 18.4. The van der Waals surface area contributed by atoms with Crippen molar-refractivity contribution >= 4 is 27.3 Å². The van der Waals surface area contributed by atoms with Crippen LogP contribution in [0.1, 0.15) is 17.5 Å². The fraction of sp³-hybridized carbons (Fsp3) is 0.316. The van der Waals surface area contributed by atoms with Gasteiger partial charge in [-0.25, -0.2) is 13.1 Å². The Hall–Kier alpha value is -2.38. The number of benzene rings is 2. The van der Waals surface area contributed by atoms with Gasteiger partial charge in [-0.2, -0.15) is 0 Å². The molecule has 1 amide bonds. The summed E-state index contributed by atoms with van der Waals surface area (Å²) >= 11 is 0. The molecule has 0 aliphatic carbocycles. The second kappa shape index (κ2) is 7.47. The fourth-order valence-corrected chi connectivity index (χ4v) is 3.98. The van der Waals surface area contributed by atoms with Gasteiger partial charge in [0.15, 0.2) is 0 Å². The van der Waals surface area contributed by atoms with Gasteiger partial charge in [-0.3, -0.25) is 4.79 Å². The molecule has 1 aliphatic rings. The molecule has 0 aromatic heterocycles. The average molecular weight is 373 g/mol. The van der Waals surface area contributed by atoms with Crippen molar-refractivity contribution in [1.29, 1.82) is 0 Å². The highest BCUT2D eigenvalue weighted by molar-refractivity contribution is 7.89. The lowest BCUT2D eigenvalue weighted by Gasteiger charge is -2.17. The maximum Gasteiger partial charge on any atom is 0.240 e. The molecule has 2 aromatic carbocycles. The summed E-state index contributed by atoms with van der Waals surface area (Å²) in [5.74, 6) is -0.0356. The lowest BCUT2D eigenvalue weighted by atomic mass is 10.0. The number of rotatable bonds is 6. The number of nitrogens with zero attached hydrogens (tertiary/aromatic N) is 1. The van der Waals surface area contributed by atoms with Gasteiger partial charge in [0.1, 0.15) is 0 Å². The Balaban J connectivity index is 1.63. The predicted octanol–water partition coefficient (Wildman–Crippen LogP) is 2.16. The SMILES string of the molecule is CN(C)c1ccc(CCNS(=O)(=O)c2ccc3c(c2)CCC(=O)N3)cc1. The molecule has 138 valence electrons. The topological polar surface area (TPSA) is 78.5 Å². The van der Waals surface area contributed by atoms with Crippen LogP contribution in [-0.4, -0.2) is 35.0 Å². The molecule has 2 N–H and O–H groups in total. The maximum atomic E-state index is 12.5. The maximum absolute atomic E-state index is 12.5. The summed E-state index contributed by atoms with van der Waals surface area (Å²) in [4.78, 5) is 13.6. The van der Waals surface area contributed by atoms with E-state index in [4.69, 9.17) is 0 Å². The van der Waals surface area contributed by atoms with E-state index in [-0.39, 0.29) is 10.8 Å². The van der Waals surface area contributed by atoms with Crippen molar-refractivity contribution < 1.29 is 13.2 Å². The first-order valence-electron chi connectivity index (χ1n) is 8.54. The van der Waals surface area contributed by atoms with Crippen molar-refractivity contribution in [2.75, 3.05) is 30.9 Å². The molecule has 7 heteroatoms. The summed E-state index contributed by atoms with van der Waals surface area (Å²) in [6.07, 6.45) is 1.56. The average Bonchev–Trinajstić information content (AvgIpc) is 2.61. The van der Waals surface area contributed by atoms with Gasteiger partial charge in [0, 0.05) is 38.4 Å². The molecule has 0 radical (unpaired) electrons. The number of hydrogen-bond acceptors (Lipinski definition) is 4. The third-order valence-corrected chi connectivity index (χ3v) is 5.90. The highest BCUT2D eigenvalue weighted by atomic mass is 32.2. The molecule has 0 atom stereocenters. The van der Waals surface area contributed by atoms with Gasteiger partial charge in [-0.1, -0.05) is 12.1 Å². The normalized spacial score (nSPS) is 13.8. The summed E-state index contributed by atoms with van der Waals surface area (Å²) in [5, 5.41) is 2.76. The number of sulfonamides is 1. The van der Waals surface area contributed by atoms with Gasteiger partial charge < -0.3 is 10.2 Å². The van der Waals surface area contributed by atoms with Crippen LogP contribution in [0.4, 0.5) is 11.4 Å². The molecule has 6 nitrogen and oxygen atoms in total. The summed E-state index contributed by atoms with van der Waals surface area (Å²) in [7, 11) is 0.389. The van der Waals surface area contributed by atoms with E-state index in [0.29, 0.717) is 31.5 Å². The minimum atomic E-state index is -3.57. The molecule has 26 heavy (non-hydrogen) atoms. The largest absolute Gasteiger partial charge is 0.378 e. The zero-order valence-corrected chi connectivity index (χ0v) is 15.8. The second-order valence-electron chi connectivity index (χ2n) is 6.58. The molecule has 0 bridgehead atoms. The van der Waals surface area contributed by atoms with Crippen LogP contribution in [0.25, 0.3) is 0 Å². The molecule has 1 heterocycles. The molecular weight excluding hydrogens is 350 g/mol. The first-order chi connectivity index (χ1) is 12.3. The summed E-state index contributed by atoms with van der Waals surface area (Å²) < 4.78 is 27.7. The number of aryl methyl sites for hydroxylation is 1. The van der Waals surface area contributed by atoms with Crippen LogP contribution >= 0.6 is 0 Å². The van der Waals surface area contributed by atoms with Crippen molar-refractivity contribution in [3.8, 4) is 0 Å². The van der Waals surface area contributed by atoms with Gasteiger partial charge in [-0.05, 0) is 54.3 Å². The molecule has 3 rings (SSSR count). The van der Waals surface area contributed by atoms with E-state index in [9.17, 15) is 13.2 Å². The standard InChI is InChI=1S/C19H23N3O3S/c1-22(2)16-6-3-14(4-7-16)11-12-20-26(24,25)17-8-9-18-15(13-17)5-10-19(23)21-18/h3-4,6-9,13,20H,5,10-12H2,1-2H3,(H,21,23). The van der Waals surface area contributed by atoms with Gasteiger partial charge in [0.2, 0.25) is 15.9 Å². The minimum Gasteiger partial charge on any atom is -0.378 e. The zero-order valence-electron chi connectivity index (χ0n) is 15.0. The summed E-state index contributed by atoms with van der Waals surface area (Å²) in [6.45, 7) is 0.331. The van der Waals surface area contributed by atoms with E-state index in [1.165, 1.54) is 6.07 Å². The molecular formula is C19H23N3O3S. The number of nitrogens with one attached hydrogen (secondary N) is 2. The van der Waals surface area contributed by atoms with Crippen LogP contribution in [0.2, 0.25) is 0 Å². The van der Waals surface area contributed by atoms with Gasteiger partial charge in [-0.15, -0.1) is 0 Å². The number of hydrogen-bond donors (Lipinski definition) is 2. The minimum absolute atomic E-state index is 0.0356. The smallest absolute Gasteiger partial charge is 0.240 e. The van der Waals surface area contributed by atoms with Crippen LogP contribution in [0.15, 0.2) is 47.4 Å². The Bertz CT molecular complexity index is 906. The highest BCUT2D eigenvalue weighted by Gasteiger charge is 2.19. The van der Waals surface area contributed by atoms with Crippen molar-refractivity contribution in [3.05, 3.63) is 53.6 Å². The van der Waals surface area contributed by atoms with E-state index < -0.39 is 10.0 Å². The number of carbonyl (C=O) groups is 1. The van der Waals surface area contributed by atoms with E-state index in [1.54, 1.807) is 12.1 Å². The number of amides is 1. The third-order valence-electron chi connectivity index (χ3n) is 4.44. The van der Waals surface area contributed by atoms with Crippen molar-refractivity contribution in [1.82, 2.24) is 4.72 Å². The summed E-state index contributed by atoms with van der Waals surface area (Å²) in [5.41, 5.74) is 3.73. The molecule has 0 fully saturated rings. The van der Waals surface area contributed by atoms with Gasteiger partial charge in [0.25, 0.3) is 0 Å². The quantitative estimate of drug-likeness (QED) is 0.813. The van der Waals surface area contributed by atoms with Gasteiger partial charge >= 0.3 is 0 Å². The molecule has 0 unspecified atom stereocenters. The molecule has 1 aliphatic heterocycles. The third kappa shape index (κ3) is 4.23. The predicted molar refractivity (Wildman–Crippen MR) is 103 cm³/mol. The van der Waals surface area contributed by atoms with E-state index in [0.717, 1.165) is 16.8 Å². The van der Waals surface area contributed by atoms with Crippen molar-refractivity contribution in [2.24, 2.45) is 0 Å². The van der Waals surface area contributed by atoms with Crippen LogP contribution in [0.3, 0.4) is 0 Å². The van der Waals surface area contributed by atoms with E-state index >= 15 is 0 Å². The molecule has 0 saturated heterocycles. The Kier molecular flexibility index (Phi) is 5.29. The Morgan fingerprint density at radius 2 is 1.81 bits per heavy atom. The van der Waals surface area contributed by atoms with Crippen molar-refractivity contribution in [3.63, 3.8) is 0 Å². The van der Waals surface area contributed by atoms with Crippen LogP contribution in [0.5, 0.6) is 0 Å².